The standard InChI is InChI=1S/C33H32F4N3O11P/c34-21-15-22(35)28(37)29(27(21)36)50-17-25(41)24(16-26(42)43)40-32(46)33(11-5-12-33)31(45)39-23(10-13-52(47,48)49)30(44)38-18-6-4-9-20(14-18)51-19-7-2-1-3-8-19/h1-4,6-9,14-15,23-24H,5,10-13,16-17H2,(H,38,44)(H,39,45)(H,40,46)(H,42,43)(H2,47,48,49). The summed E-state index contributed by atoms with van der Waals surface area (Å²) in [6, 6.07) is 11.1. The van der Waals surface area contributed by atoms with Crippen LogP contribution in [-0.2, 0) is 28.5 Å². The van der Waals surface area contributed by atoms with Crippen LogP contribution >= 0.6 is 7.60 Å². The third kappa shape index (κ3) is 10.1. The Labute approximate surface area is 292 Å². The Balaban J connectivity index is 1.49. The number of amides is 3. The molecule has 52 heavy (non-hydrogen) atoms. The zero-order chi connectivity index (χ0) is 38.2. The van der Waals surface area contributed by atoms with Crippen LogP contribution in [0, 0.1) is 28.7 Å². The van der Waals surface area contributed by atoms with Crippen molar-refractivity contribution in [3.05, 3.63) is 83.9 Å². The van der Waals surface area contributed by atoms with E-state index in [0.717, 1.165) is 0 Å². The van der Waals surface area contributed by atoms with Crippen LogP contribution < -0.4 is 25.4 Å². The van der Waals surface area contributed by atoms with Crippen molar-refractivity contribution in [3.8, 4) is 17.2 Å². The second-order valence-electron chi connectivity index (χ2n) is 11.7. The van der Waals surface area contributed by atoms with Gasteiger partial charge in [-0.25, -0.2) is 8.78 Å². The largest absolute Gasteiger partial charge is 0.481 e. The van der Waals surface area contributed by atoms with Crippen LogP contribution in [0.25, 0.3) is 0 Å². The van der Waals surface area contributed by atoms with Gasteiger partial charge in [0.25, 0.3) is 0 Å². The molecule has 0 bridgehead atoms. The number of carbonyl (C=O) groups is 5. The lowest BCUT2D eigenvalue weighted by Crippen LogP contribution is -2.60. The lowest BCUT2D eigenvalue weighted by Gasteiger charge is -2.40. The molecule has 3 amide bonds. The number of carbonyl (C=O) groups excluding carboxylic acids is 4. The first kappa shape index (κ1) is 39.5. The van der Waals surface area contributed by atoms with Gasteiger partial charge in [0.15, 0.2) is 23.2 Å². The van der Waals surface area contributed by atoms with Gasteiger partial charge in [0.1, 0.15) is 35.6 Å². The van der Waals surface area contributed by atoms with Crippen molar-refractivity contribution in [2.75, 3.05) is 18.1 Å². The van der Waals surface area contributed by atoms with Crippen molar-refractivity contribution in [2.24, 2.45) is 5.41 Å². The highest BCUT2D eigenvalue weighted by atomic mass is 31.2. The van der Waals surface area contributed by atoms with Crippen molar-refractivity contribution in [1.29, 1.82) is 0 Å². The number of ether oxygens (including phenoxy) is 2. The molecule has 14 nitrogen and oxygen atoms in total. The number of anilines is 1. The number of para-hydroxylation sites is 1. The lowest BCUT2D eigenvalue weighted by atomic mass is 9.67. The van der Waals surface area contributed by atoms with Crippen LogP contribution in [0.4, 0.5) is 23.2 Å². The smallest absolute Gasteiger partial charge is 0.325 e. The number of nitrogens with one attached hydrogen (secondary N) is 3. The van der Waals surface area contributed by atoms with E-state index in [-0.39, 0.29) is 24.6 Å². The van der Waals surface area contributed by atoms with Crippen molar-refractivity contribution in [2.45, 2.75) is 44.2 Å². The maximum Gasteiger partial charge on any atom is 0.325 e. The van der Waals surface area contributed by atoms with E-state index in [1.54, 1.807) is 42.5 Å². The molecular formula is C33H32F4N3O11P. The SMILES string of the molecule is O=C(O)CC(NC(=O)C1(C(=O)NC(CCP(=O)(O)O)C(=O)Nc2cccc(Oc3ccccc3)c2)CCC1)C(=O)COc1c(F)c(F)cc(F)c1F. The normalized spacial score (nSPS) is 14.6. The zero-order valence-corrected chi connectivity index (χ0v) is 27.8. The molecule has 0 aromatic heterocycles. The van der Waals surface area contributed by atoms with Crippen LogP contribution in [-0.4, -0.2) is 69.2 Å². The quantitative estimate of drug-likeness (QED) is 0.0504. The average molecular weight is 754 g/mol. The fraction of sp³-hybridized carbons (Fsp3) is 0.303. The van der Waals surface area contributed by atoms with E-state index in [9.17, 15) is 61.0 Å². The number of hydrogen-bond donors (Lipinski definition) is 6. The molecule has 2 atom stereocenters. The van der Waals surface area contributed by atoms with Crippen LogP contribution in [0.1, 0.15) is 32.1 Å². The second-order valence-corrected chi connectivity index (χ2v) is 13.5. The molecule has 3 aromatic carbocycles. The maximum atomic E-state index is 14.0. The third-order valence-electron chi connectivity index (χ3n) is 7.99. The van der Waals surface area contributed by atoms with E-state index < -0.39 is 109 Å². The second kappa shape index (κ2) is 16.8. The zero-order valence-electron chi connectivity index (χ0n) is 26.9. The fourth-order valence-corrected chi connectivity index (χ4v) is 5.67. The average Bonchev–Trinajstić information content (AvgIpc) is 3.04. The number of halogens is 4. The number of rotatable bonds is 17. The van der Waals surface area contributed by atoms with Crippen LogP contribution in [0.2, 0.25) is 0 Å². The third-order valence-corrected chi connectivity index (χ3v) is 8.83. The summed E-state index contributed by atoms with van der Waals surface area (Å²) in [6.07, 6.45) is -2.54. The molecule has 4 rings (SSSR count). The van der Waals surface area contributed by atoms with Crippen LogP contribution in [0.15, 0.2) is 60.7 Å². The minimum absolute atomic E-state index is 0.101. The Kier molecular flexibility index (Phi) is 12.7. The number of Topliss-reactive ketones (excluding diaryl/α,β-unsaturated/α-hetero) is 1. The Bertz CT molecular complexity index is 1860. The maximum absolute atomic E-state index is 14.0. The molecular weight excluding hydrogens is 721 g/mol. The predicted octanol–water partition coefficient (Wildman–Crippen LogP) is 3.80. The Morgan fingerprint density at radius 3 is 1.98 bits per heavy atom. The van der Waals surface area contributed by atoms with Gasteiger partial charge in [-0.2, -0.15) is 8.78 Å². The summed E-state index contributed by atoms with van der Waals surface area (Å²) in [4.78, 5) is 83.8. The van der Waals surface area contributed by atoms with E-state index in [1.165, 1.54) is 12.1 Å². The van der Waals surface area contributed by atoms with Gasteiger partial charge in [-0.05, 0) is 43.5 Å². The molecule has 278 valence electrons. The minimum Gasteiger partial charge on any atom is -0.481 e. The summed E-state index contributed by atoms with van der Waals surface area (Å²) in [6.45, 7) is -1.35. The van der Waals surface area contributed by atoms with Gasteiger partial charge in [0.05, 0.1) is 12.6 Å². The molecule has 1 aliphatic rings. The molecule has 19 heteroatoms. The van der Waals surface area contributed by atoms with Gasteiger partial charge in [-0.15, -0.1) is 0 Å². The van der Waals surface area contributed by atoms with Gasteiger partial charge >= 0.3 is 13.6 Å². The topological polar surface area (TPSA) is 218 Å². The number of hydrogen-bond acceptors (Lipinski definition) is 8. The highest BCUT2D eigenvalue weighted by Gasteiger charge is 2.52. The number of aliphatic carboxylic acids is 1. The minimum atomic E-state index is -4.69. The number of carboxylic acid groups (broad SMARTS) is 1. The molecule has 0 heterocycles. The molecule has 0 radical (unpaired) electrons. The van der Waals surface area contributed by atoms with E-state index in [0.29, 0.717) is 17.9 Å². The van der Waals surface area contributed by atoms with E-state index >= 15 is 0 Å². The molecule has 6 N–H and O–H groups in total. The van der Waals surface area contributed by atoms with Crippen molar-refractivity contribution in [3.63, 3.8) is 0 Å². The van der Waals surface area contributed by atoms with Crippen LogP contribution in [0.5, 0.6) is 17.2 Å². The van der Waals surface area contributed by atoms with Gasteiger partial charge in [-0.1, -0.05) is 30.7 Å². The summed E-state index contributed by atoms with van der Waals surface area (Å²) >= 11 is 0. The fourth-order valence-electron chi connectivity index (χ4n) is 5.08. The molecule has 1 saturated carbocycles. The summed E-state index contributed by atoms with van der Waals surface area (Å²) in [7, 11) is -4.69. The first-order chi connectivity index (χ1) is 24.5. The Morgan fingerprint density at radius 1 is 0.827 bits per heavy atom. The highest BCUT2D eigenvalue weighted by molar-refractivity contribution is 7.51. The molecule has 0 spiro atoms. The van der Waals surface area contributed by atoms with Crippen molar-refractivity contribution >= 4 is 42.8 Å². The monoisotopic (exact) mass is 753 g/mol. The highest BCUT2D eigenvalue weighted by Crippen LogP contribution is 2.42. The van der Waals surface area contributed by atoms with E-state index in [4.69, 9.17) is 4.74 Å². The molecule has 2 unspecified atom stereocenters. The van der Waals surface area contributed by atoms with Gasteiger partial charge in [-0.3, -0.25) is 28.5 Å². The summed E-state index contributed by atoms with van der Waals surface area (Å²) in [5.74, 6) is -14.5. The van der Waals surface area contributed by atoms with Gasteiger partial charge in [0, 0.05) is 17.8 Å². The summed E-state index contributed by atoms with van der Waals surface area (Å²) in [5.41, 5.74) is -1.80. The predicted molar refractivity (Wildman–Crippen MR) is 172 cm³/mol. The summed E-state index contributed by atoms with van der Waals surface area (Å²) < 4.78 is 77.2. The molecule has 3 aromatic rings. The molecule has 1 aliphatic carbocycles. The summed E-state index contributed by atoms with van der Waals surface area (Å²) in [5, 5.41) is 16.3. The van der Waals surface area contributed by atoms with E-state index in [2.05, 4.69) is 20.7 Å². The molecule has 0 aliphatic heterocycles. The Morgan fingerprint density at radius 2 is 1.42 bits per heavy atom. The van der Waals surface area contributed by atoms with E-state index in [1.807, 2.05) is 0 Å². The van der Waals surface area contributed by atoms with Gasteiger partial charge in [0.2, 0.25) is 29.4 Å². The Hall–Kier alpha value is -5.32. The lowest BCUT2D eigenvalue weighted by molar-refractivity contribution is -0.152. The van der Waals surface area contributed by atoms with Crippen molar-refractivity contribution in [1.82, 2.24) is 10.6 Å². The number of ketones is 1. The number of benzene rings is 3. The van der Waals surface area contributed by atoms with Gasteiger partial charge < -0.3 is 40.3 Å². The first-order valence-corrected chi connectivity index (χ1v) is 17.3. The molecule has 1 fully saturated rings. The first-order valence-electron chi connectivity index (χ1n) is 15.5. The van der Waals surface area contributed by atoms with Crippen LogP contribution in [0.3, 0.4) is 0 Å². The molecule has 0 saturated heterocycles. The van der Waals surface area contributed by atoms with Crippen molar-refractivity contribution < 1.29 is 70.5 Å². The number of carboxylic acids is 1.